The van der Waals surface area contributed by atoms with Crippen LogP contribution in [-0.2, 0) is 21.1 Å². The van der Waals surface area contributed by atoms with E-state index in [4.69, 9.17) is 0 Å². The highest BCUT2D eigenvalue weighted by Gasteiger charge is 2.29. The molecular formula is C17H19NO3S2. The highest BCUT2D eigenvalue weighted by Crippen LogP contribution is 2.33. The van der Waals surface area contributed by atoms with E-state index in [1.807, 2.05) is 6.92 Å². The minimum atomic E-state index is -3.41. The van der Waals surface area contributed by atoms with Crippen LogP contribution in [0.1, 0.15) is 29.8 Å². The van der Waals surface area contributed by atoms with Gasteiger partial charge in [0, 0.05) is 17.8 Å². The normalized spacial score (nSPS) is 17.8. The highest BCUT2D eigenvalue weighted by atomic mass is 32.2. The molecule has 1 atom stereocenters. The molecule has 0 aliphatic carbocycles. The van der Waals surface area contributed by atoms with Crippen molar-refractivity contribution in [3.05, 3.63) is 52.2 Å². The van der Waals surface area contributed by atoms with Crippen LogP contribution in [0.4, 0.5) is 0 Å². The number of amides is 1. The third-order valence-electron chi connectivity index (χ3n) is 4.28. The molecule has 1 amide bonds. The number of sulfone groups is 1. The molecule has 1 aromatic heterocycles. The second-order valence-corrected chi connectivity index (χ2v) is 8.80. The van der Waals surface area contributed by atoms with Gasteiger partial charge in [-0.25, -0.2) is 8.42 Å². The van der Waals surface area contributed by atoms with Crippen LogP contribution >= 0.6 is 11.3 Å². The molecule has 23 heavy (non-hydrogen) atoms. The quantitative estimate of drug-likeness (QED) is 0.852. The highest BCUT2D eigenvalue weighted by molar-refractivity contribution is 7.91. The molecular weight excluding hydrogens is 330 g/mol. The predicted molar refractivity (Wildman–Crippen MR) is 91.3 cm³/mol. The molecule has 1 aliphatic rings. The maximum absolute atomic E-state index is 12.5. The number of hydrogen-bond acceptors (Lipinski definition) is 4. The van der Waals surface area contributed by atoms with E-state index in [-0.39, 0.29) is 29.0 Å². The average molecular weight is 349 g/mol. The SMILES string of the molecule is C[C@@H]1c2ccsc2CCN1C(=O)CCS(=O)(=O)c1ccccc1. The van der Waals surface area contributed by atoms with Crippen molar-refractivity contribution in [1.29, 1.82) is 0 Å². The van der Waals surface area contributed by atoms with E-state index in [2.05, 4.69) is 11.4 Å². The summed E-state index contributed by atoms with van der Waals surface area (Å²) in [5, 5.41) is 2.05. The van der Waals surface area contributed by atoms with Gasteiger partial charge in [-0.2, -0.15) is 0 Å². The Morgan fingerprint density at radius 1 is 1.26 bits per heavy atom. The van der Waals surface area contributed by atoms with E-state index >= 15 is 0 Å². The molecule has 122 valence electrons. The van der Waals surface area contributed by atoms with Gasteiger partial charge in [-0.3, -0.25) is 4.79 Å². The Kier molecular flexibility index (Phi) is 4.55. The summed E-state index contributed by atoms with van der Waals surface area (Å²) < 4.78 is 24.6. The van der Waals surface area contributed by atoms with Gasteiger partial charge in [0.05, 0.1) is 16.7 Å². The fraction of sp³-hybridized carbons (Fsp3) is 0.353. The van der Waals surface area contributed by atoms with E-state index in [0.29, 0.717) is 6.54 Å². The van der Waals surface area contributed by atoms with Crippen molar-refractivity contribution in [3.8, 4) is 0 Å². The lowest BCUT2D eigenvalue weighted by Crippen LogP contribution is -2.38. The first-order chi connectivity index (χ1) is 11.0. The molecule has 0 saturated heterocycles. The van der Waals surface area contributed by atoms with E-state index < -0.39 is 9.84 Å². The second-order valence-electron chi connectivity index (χ2n) is 5.69. The largest absolute Gasteiger partial charge is 0.336 e. The molecule has 0 fully saturated rings. The van der Waals surface area contributed by atoms with Gasteiger partial charge in [-0.05, 0) is 42.5 Å². The van der Waals surface area contributed by atoms with Crippen LogP contribution in [-0.4, -0.2) is 31.5 Å². The fourth-order valence-corrected chi connectivity index (χ4v) is 5.17. The molecule has 2 aromatic rings. The third-order valence-corrected chi connectivity index (χ3v) is 7.01. The zero-order chi connectivity index (χ0) is 16.4. The molecule has 4 nitrogen and oxygen atoms in total. The first-order valence-electron chi connectivity index (χ1n) is 7.62. The monoisotopic (exact) mass is 349 g/mol. The van der Waals surface area contributed by atoms with Crippen molar-refractivity contribution in [2.24, 2.45) is 0 Å². The molecule has 2 heterocycles. The van der Waals surface area contributed by atoms with Crippen molar-refractivity contribution in [1.82, 2.24) is 4.90 Å². The summed E-state index contributed by atoms with van der Waals surface area (Å²) in [6, 6.07) is 10.4. The first-order valence-corrected chi connectivity index (χ1v) is 10.2. The van der Waals surface area contributed by atoms with Crippen LogP contribution in [0.3, 0.4) is 0 Å². The second kappa shape index (κ2) is 6.45. The van der Waals surface area contributed by atoms with Gasteiger partial charge < -0.3 is 4.90 Å². The zero-order valence-corrected chi connectivity index (χ0v) is 14.6. The number of carbonyl (C=O) groups excluding carboxylic acids is 1. The molecule has 3 rings (SSSR count). The third kappa shape index (κ3) is 3.33. The number of carbonyl (C=O) groups is 1. The molecule has 0 radical (unpaired) electrons. The Balaban J connectivity index is 1.67. The van der Waals surface area contributed by atoms with Crippen LogP contribution in [0, 0.1) is 0 Å². The number of benzene rings is 1. The van der Waals surface area contributed by atoms with Crippen LogP contribution < -0.4 is 0 Å². The van der Waals surface area contributed by atoms with Crippen molar-refractivity contribution < 1.29 is 13.2 Å². The molecule has 0 N–H and O–H groups in total. The van der Waals surface area contributed by atoms with Crippen molar-refractivity contribution >= 4 is 27.1 Å². The summed E-state index contributed by atoms with van der Waals surface area (Å²) in [6.45, 7) is 2.67. The molecule has 6 heteroatoms. The Morgan fingerprint density at radius 2 is 2.00 bits per heavy atom. The first kappa shape index (κ1) is 16.2. The summed E-state index contributed by atoms with van der Waals surface area (Å²) >= 11 is 1.72. The van der Waals surface area contributed by atoms with Crippen molar-refractivity contribution in [3.63, 3.8) is 0 Å². The van der Waals surface area contributed by atoms with Crippen LogP contribution in [0.5, 0.6) is 0 Å². The molecule has 0 saturated carbocycles. The van der Waals surface area contributed by atoms with E-state index in [9.17, 15) is 13.2 Å². The van der Waals surface area contributed by atoms with Crippen LogP contribution in [0.2, 0.25) is 0 Å². The molecule has 0 bridgehead atoms. The number of rotatable bonds is 4. The summed E-state index contributed by atoms with van der Waals surface area (Å²) in [4.78, 5) is 15.9. The topological polar surface area (TPSA) is 54.5 Å². The number of nitrogens with zero attached hydrogens (tertiary/aromatic N) is 1. The summed E-state index contributed by atoms with van der Waals surface area (Å²) in [7, 11) is -3.41. The Bertz CT molecular complexity index is 796. The van der Waals surface area contributed by atoms with E-state index in [1.165, 1.54) is 10.4 Å². The maximum atomic E-state index is 12.5. The van der Waals surface area contributed by atoms with Gasteiger partial charge in [-0.15, -0.1) is 11.3 Å². The number of hydrogen-bond donors (Lipinski definition) is 0. The van der Waals surface area contributed by atoms with E-state index in [0.717, 1.165) is 6.42 Å². The molecule has 0 spiro atoms. The molecule has 0 unspecified atom stereocenters. The number of fused-ring (bicyclic) bond motifs is 1. The minimum absolute atomic E-state index is 0.0249. The van der Waals surface area contributed by atoms with Gasteiger partial charge in [-0.1, -0.05) is 18.2 Å². The summed E-state index contributed by atoms with van der Waals surface area (Å²) in [5.41, 5.74) is 1.19. The van der Waals surface area contributed by atoms with Gasteiger partial charge in [0.15, 0.2) is 9.84 Å². The van der Waals surface area contributed by atoms with Crippen LogP contribution in [0.25, 0.3) is 0 Å². The van der Waals surface area contributed by atoms with Gasteiger partial charge in [0.25, 0.3) is 0 Å². The zero-order valence-electron chi connectivity index (χ0n) is 12.9. The summed E-state index contributed by atoms with van der Waals surface area (Å²) in [6.07, 6.45) is 0.884. The fourth-order valence-electron chi connectivity index (χ4n) is 2.96. The summed E-state index contributed by atoms with van der Waals surface area (Å²) in [5.74, 6) is -0.232. The Morgan fingerprint density at radius 3 is 2.74 bits per heavy atom. The Labute approximate surface area is 140 Å². The van der Waals surface area contributed by atoms with E-state index in [1.54, 1.807) is 46.6 Å². The molecule has 1 aliphatic heterocycles. The van der Waals surface area contributed by atoms with Gasteiger partial charge in [0.1, 0.15) is 0 Å². The van der Waals surface area contributed by atoms with Gasteiger partial charge in [0.2, 0.25) is 5.91 Å². The van der Waals surface area contributed by atoms with Crippen molar-refractivity contribution in [2.45, 2.75) is 30.7 Å². The smallest absolute Gasteiger partial charge is 0.224 e. The average Bonchev–Trinajstić information content (AvgIpc) is 3.03. The maximum Gasteiger partial charge on any atom is 0.224 e. The lowest BCUT2D eigenvalue weighted by atomic mass is 10.0. The Hall–Kier alpha value is -1.66. The van der Waals surface area contributed by atoms with Crippen molar-refractivity contribution in [2.75, 3.05) is 12.3 Å². The lowest BCUT2D eigenvalue weighted by molar-refractivity contribution is -0.133. The number of thiophene rings is 1. The standard InChI is InChI=1S/C17H19NO3S2/c1-13-15-8-11-22-16(15)7-10-18(13)17(19)9-12-23(20,21)14-5-3-2-4-6-14/h2-6,8,11,13H,7,9-10,12H2,1H3/t13-/m1/s1. The minimum Gasteiger partial charge on any atom is -0.336 e. The van der Waals surface area contributed by atoms with Gasteiger partial charge >= 0.3 is 0 Å². The lowest BCUT2D eigenvalue weighted by Gasteiger charge is -2.33. The van der Waals surface area contributed by atoms with Crippen LogP contribution in [0.15, 0.2) is 46.7 Å². The molecule has 1 aromatic carbocycles. The predicted octanol–water partition coefficient (Wildman–Crippen LogP) is 3.06.